The van der Waals surface area contributed by atoms with Gasteiger partial charge in [0, 0.05) is 44.0 Å². The predicted molar refractivity (Wildman–Crippen MR) is 239 cm³/mol. The molecule has 2 saturated heterocycles. The number of aromatic nitrogens is 2. The number of nitrogens with zero attached hydrogens (tertiary/aromatic N) is 2. The molecule has 4 atom stereocenters. The van der Waals surface area contributed by atoms with Crippen LogP contribution >= 0.6 is 0 Å². The summed E-state index contributed by atoms with van der Waals surface area (Å²) in [4.78, 5) is 0. The lowest BCUT2D eigenvalue weighted by Crippen LogP contribution is -2.59. The van der Waals surface area contributed by atoms with Gasteiger partial charge in [-0.3, -0.25) is 0 Å². The largest absolute Gasteiger partial charge is 0.462 e. The normalized spacial score (nSPS) is 19.8. The quantitative estimate of drug-likeness (QED) is 0.125. The highest BCUT2D eigenvalue weighted by molar-refractivity contribution is 7.00. The molecule has 0 saturated carbocycles. The summed E-state index contributed by atoms with van der Waals surface area (Å²) >= 11 is 0. The molecule has 0 spiro atoms. The highest BCUT2D eigenvalue weighted by Crippen LogP contribution is 2.43. The van der Waals surface area contributed by atoms with Crippen LogP contribution in [-0.4, -0.2) is 40.6 Å². The van der Waals surface area contributed by atoms with E-state index < -0.39 is 0 Å². The third-order valence-electron chi connectivity index (χ3n) is 13.2. The fourth-order valence-corrected chi connectivity index (χ4v) is 10.0. The number of rotatable bonds is 6. The van der Waals surface area contributed by atoms with E-state index in [1.165, 1.54) is 88.1 Å². The van der Waals surface area contributed by atoms with Gasteiger partial charge in [-0.05, 0) is 124 Å². The monoisotopic (exact) mass is 768 g/mol. The van der Waals surface area contributed by atoms with Crippen molar-refractivity contribution in [2.75, 3.05) is 0 Å². The number of fused-ring (bicyclic) bond motifs is 10. The first-order chi connectivity index (χ1) is 28.7. The van der Waals surface area contributed by atoms with E-state index in [0.29, 0.717) is 0 Å². The molecule has 7 aromatic carbocycles. The zero-order valence-electron chi connectivity index (χ0n) is 33.6. The molecule has 6 heterocycles. The number of benzene rings is 7. The summed E-state index contributed by atoms with van der Waals surface area (Å²) in [5, 5.41) is 5.08. The maximum Gasteiger partial charge on any atom is 0.252 e. The molecule has 7 heteroatoms. The van der Waals surface area contributed by atoms with Gasteiger partial charge in [-0.2, -0.15) is 0 Å². The third kappa shape index (κ3) is 4.89. The Kier molecular flexibility index (Phi) is 6.67. The van der Waals surface area contributed by atoms with Gasteiger partial charge in [0.2, 0.25) is 12.6 Å². The highest BCUT2D eigenvalue weighted by atomic mass is 16.8. The molecule has 9 aromatic rings. The molecule has 4 unspecified atom stereocenters. The van der Waals surface area contributed by atoms with Crippen LogP contribution in [0.4, 0.5) is 0 Å². The first kappa shape index (κ1) is 33.7. The van der Waals surface area contributed by atoms with Crippen molar-refractivity contribution in [1.29, 1.82) is 0 Å². The lowest BCUT2D eigenvalue weighted by Gasteiger charge is -2.35. The number of hydrogen-bond donors (Lipinski definition) is 0. The molecular formula is C52H41BN2O4. The van der Waals surface area contributed by atoms with E-state index in [1.54, 1.807) is 0 Å². The molecule has 0 aliphatic carbocycles. The molecule has 0 bridgehead atoms. The van der Waals surface area contributed by atoms with Crippen LogP contribution in [0.25, 0.3) is 77.2 Å². The molecule has 0 N–H and O–H groups in total. The Morgan fingerprint density at radius 2 is 1.05 bits per heavy atom. The van der Waals surface area contributed by atoms with E-state index in [-0.39, 0.29) is 36.9 Å². The molecule has 6 nitrogen and oxygen atoms in total. The number of epoxide rings is 2. The zero-order chi connectivity index (χ0) is 39.5. The lowest BCUT2D eigenvalue weighted by atomic mass is 9.34. The Hall–Kier alpha value is -6.28. The average molecular weight is 769 g/mol. The molecule has 2 fully saturated rings. The average Bonchev–Trinajstić information content (AvgIpc) is 4.06. The minimum atomic E-state index is -0.157. The number of ether oxygens (including phenoxy) is 4. The van der Waals surface area contributed by atoms with Crippen molar-refractivity contribution >= 4 is 66.7 Å². The van der Waals surface area contributed by atoms with Crippen LogP contribution in [0.1, 0.15) is 40.2 Å². The van der Waals surface area contributed by atoms with E-state index in [4.69, 9.17) is 18.9 Å². The smallest absolute Gasteiger partial charge is 0.252 e. The molecular weight excluding hydrogens is 727 g/mol. The Morgan fingerprint density at radius 3 is 1.68 bits per heavy atom. The van der Waals surface area contributed by atoms with E-state index in [1.807, 2.05) is 13.8 Å². The molecule has 4 aliphatic heterocycles. The number of hydrogen-bond acceptors (Lipinski definition) is 4. The Bertz CT molecular complexity index is 3260. The summed E-state index contributed by atoms with van der Waals surface area (Å²) in [6.45, 7) is 11.1. The topological polar surface area (TPSA) is 53.4 Å². The van der Waals surface area contributed by atoms with Gasteiger partial charge in [0.15, 0.2) is 0 Å². The van der Waals surface area contributed by atoms with Gasteiger partial charge < -0.3 is 28.1 Å². The molecule has 0 amide bonds. The van der Waals surface area contributed by atoms with Crippen molar-refractivity contribution < 1.29 is 18.9 Å². The van der Waals surface area contributed by atoms with Gasteiger partial charge in [-0.1, -0.05) is 93.6 Å². The van der Waals surface area contributed by atoms with Gasteiger partial charge in [0.25, 0.3) is 6.71 Å². The first-order valence-corrected chi connectivity index (χ1v) is 20.9. The maximum atomic E-state index is 6.05. The lowest BCUT2D eigenvalue weighted by molar-refractivity contribution is 0.178. The van der Waals surface area contributed by atoms with Crippen molar-refractivity contribution in [3.63, 3.8) is 0 Å². The Labute approximate surface area is 342 Å². The summed E-state index contributed by atoms with van der Waals surface area (Å²) in [6.07, 6.45) is -0.0144. The fraction of sp³-hybridized carbons (Fsp3) is 0.192. The summed E-state index contributed by atoms with van der Waals surface area (Å²) in [5.41, 5.74) is 17.6. The molecule has 13 rings (SSSR count). The van der Waals surface area contributed by atoms with E-state index in [2.05, 4.69) is 163 Å². The van der Waals surface area contributed by atoms with Gasteiger partial charge in [0.1, 0.15) is 23.7 Å². The second kappa shape index (κ2) is 11.7. The fourth-order valence-electron chi connectivity index (χ4n) is 10.0. The van der Waals surface area contributed by atoms with Crippen molar-refractivity contribution in [1.82, 2.24) is 9.13 Å². The molecule has 0 radical (unpaired) electrons. The zero-order valence-corrected chi connectivity index (χ0v) is 33.6. The highest BCUT2D eigenvalue weighted by Gasteiger charge is 2.42. The SMILES string of the molecule is CC1OC1Oc1ccc(-c2ccc3c(c2)c2cccc4c2n3-c2cc(C(C)(C)C)cc3c2B4c2cc(-c4ccc(OC5OC5C)cc4)cc4c5ccccc5n-3c24)cc1. The van der Waals surface area contributed by atoms with E-state index in [0.717, 1.165) is 22.6 Å². The van der Waals surface area contributed by atoms with E-state index >= 15 is 0 Å². The van der Waals surface area contributed by atoms with Crippen molar-refractivity contribution in [2.45, 2.75) is 64.8 Å². The van der Waals surface area contributed by atoms with Crippen molar-refractivity contribution in [2.24, 2.45) is 0 Å². The van der Waals surface area contributed by atoms with Crippen LogP contribution in [0.5, 0.6) is 11.5 Å². The van der Waals surface area contributed by atoms with Crippen LogP contribution in [0, 0.1) is 0 Å². The maximum absolute atomic E-state index is 6.05. The second-order valence-corrected chi connectivity index (χ2v) is 17.9. The summed E-state index contributed by atoms with van der Waals surface area (Å²) < 4.78 is 28.2. The van der Waals surface area contributed by atoms with Gasteiger partial charge in [-0.25, -0.2) is 0 Å². The first-order valence-electron chi connectivity index (χ1n) is 20.9. The van der Waals surface area contributed by atoms with Gasteiger partial charge >= 0.3 is 0 Å². The third-order valence-corrected chi connectivity index (χ3v) is 13.2. The van der Waals surface area contributed by atoms with Crippen LogP contribution in [0.15, 0.2) is 133 Å². The minimum absolute atomic E-state index is 0.0371. The second-order valence-electron chi connectivity index (χ2n) is 17.9. The Balaban J connectivity index is 1.06. The Morgan fingerprint density at radius 1 is 0.508 bits per heavy atom. The predicted octanol–water partition coefficient (Wildman–Crippen LogP) is 9.90. The van der Waals surface area contributed by atoms with Crippen molar-refractivity contribution in [3.8, 4) is 45.1 Å². The minimum Gasteiger partial charge on any atom is -0.462 e. The molecule has 4 aliphatic rings. The number of para-hydroxylation sites is 2. The molecule has 2 aromatic heterocycles. The van der Waals surface area contributed by atoms with Crippen LogP contribution < -0.4 is 25.9 Å². The van der Waals surface area contributed by atoms with Crippen LogP contribution in [-0.2, 0) is 14.9 Å². The van der Waals surface area contributed by atoms with Crippen molar-refractivity contribution in [3.05, 3.63) is 139 Å². The van der Waals surface area contributed by atoms with Crippen LogP contribution in [0.2, 0.25) is 0 Å². The van der Waals surface area contributed by atoms with Gasteiger partial charge in [0.05, 0.1) is 11.0 Å². The summed E-state index contributed by atoms with van der Waals surface area (Å²) in [5.74, 6) is 1.66. The van der Waals surface area contributed by atoms with Crippen LogP contribution in [0.3, 0.4) is 0 Å². The standard InChI is InChI=1S/C52H41BN2O4/c1-28-50(56-28)58-35-18-13-30(14-19-35)32-17-22-44-39(23-32)38-10-8-11-41-48(38)55(44)46-27-34(52(3,4)5)26-45-47(46)53(41)42-25-33(31-15-20-36(21-16-31)59-51-29(2)57-51)24-40-37-9-6-7-12-43(37)54(45)49(40)42/h6-29,50-51H,1-5H3. The summed E-state index contributed by atoms with van der Waals surface area (Å²) in [6, 6.07) is 49.7. The summed E-state index contributed by atoms with van der Waals surface area (Å²) in [7, 11) is 0. The van der Waals surface area contributed by atoms with E-state index in [9.17, 15) is 0 Å². The van der Waals surface area contributed by atoms with Gasteiger partial charge in [-0.15, -0.1) is 0 Å². The molecule has 286 valence electrons. The molecule has 59 heavy (non-hydrogen) atoms.